The Bertz CT molecular complexity index is 1270. The predicted octanol–water partition coefficient (Wildman–Crippen LogP) is 5.94. The van der Waals surface area contributed by atoms with Crippen molar-refractivity contribution in [2.45, 2.75) is 51.7 Å². The summed E-state index contributed by atoms with van der Waals surface area (Å²) in [5.74, 6) is 0.00916. The molecule has 1 saturated heterocycles. The van der Waals surface area contributed by atoms with E-state index in [4.69, 9.17) is 14.0 Å². The molecule has 1 aromatic heterocycles. The number of ether oxygens (including phenoxy) is 1. The van der Waals surface area contributed by atoms with Crippen LogP contribution >= 0.6 is 0 Å². The molecule has 1 amide bonds. The van der Waals surface area contributed by atoms with E-state index < -0.39 is 24.4 Å². The quantitative estimate of drug-likeness (QED) is 0.428. The van der Waals surface area contributed by atoms with Gasteiger partial charge in [-0.05, 0) is 74.0 Å². The van der Waals surface area contributed by atoms with Gasteiger partial charge in [-0.3, -0.25) is 4.98 Å². The predicted molar refractivity (Wildman–Crippen MR) is 146 cm³/mol. The Kier molecular flexibility index (Phi) is 6.69. The molecular formula is C30H33BN2O4. The first kappa shape index (κ1) is 25.2. The van der Waals surface area contributed by atoms with Gasteiger partial charge < -0.3 is 19.4 Å². The molecule has 5 rings (SSSR count). The average Bonchev–Trinajstić information content (AvgIpc) is 3.30. The topological polar surface area (TPSA) is 69.7 Å². The van der Waals surface area contributed by atoms with Crippen LogP contribution in [0.15, 0.2) is 72.3 Å². The van der Waals surface area contributed by atoms with Gasteiger partial charge in [0.2, 0.25) is 0 Å². The highest BCUT2D eigenvalue weighted by Crippen LogP contribution is 2.44. The van der Waals surface area contributed by atoms with Crippen LogP contribution in [0.25, 0.3) is 17.2 Å². The van der Waals surface area contributed by atoms with Crippen LogP contribution in [0.3, 0.4) is 0 Å². The molecule has 0 radical (unpaired) electrons. The first-order valence-corrected chi connectivity index (χ1v) is 12.7. The SMILES string of the molecule is Cc1ccc(C=C(CNC(=O)OCC2c3ccccc3-c3ccccc32)B2OC(C)(C)C(C)(C)O2)cn1. The number of carbonyl (C=O) groups is 1. The minimum Gasteiger partial charge on any atom is -0.449 e. The van der Waals surface area contributed by atoms with Crippen LogP contribution < -0.4 is 5.32 Å². The molecule has 2 aliphatic rings. The lowest BCUT2D eigenvalue weighted by molar-refractivity contribution is 0.00578. The summed E-state index contributed by atoms with van der Waals surface area (Å²) in [4.78, 5) is 17.2. The van der Waals surface area contributed by atoms with Crippen LogP contribution in [-0.4, -0.2) is 42.5 Å². The maximum atomic E-state index is 12.8. The van der Waals surface area contributed by atoms with Crippen molar-refractivity contribution in [2.24, 2.45) is 0 Å². The second kappa shape index (κ2) is 9.80. The van der Waals surface area contributed by atoms with Crippen LogP contribution in [-0.2, 0) is 14.0 Å². The number of fused-ring (bicyclic) bond motifs is 3. The molecule has 0 saturated carbocycles. The van der Waals surface area contributed by atoms with E-state index in [1.54, 1.807) is 6.20 Å². The molecule has 190 valence electrons. The molecule has 1 fully saturated rings. The molecule has 0 unspecified atom stereocenters. The van der Waals surface area contributed by atoms with Crippen LogP contribution in [0, 0.1) is 6.92 Å². The standard InChI is InChI=1S/C30H33BN2O4/c1-20-14-15-21(17-32-20)16-22(31-36-29(2,3)30(4,5)37-31)18-33-28(34)35-19-27-25-12-8-6-10-23(25)24-11-7-9-13-26(24)27/h6-17,27H,18-19H2,1-5H3,(H,33,34). The molecule has 2 aromatic carbocycles. The first-order chi connectivity index (χ1) is 17.6. The van der Waals surface area contributed by atoms with Crippen LogP contribution in [0.2, 0.25) is 0 Å². The van der Waals surface area contributed by atoms with E-state index in [2.05, 4.69) is 34.6 Å². The maximum absolute atomic E-state index is 12.8. The van der Waals surface area contributed by atoms with Gasteiger partial charge in [0, 0.05) is 24.4 Å². The third kappa shape index (κ3) is 5.06. The largest absolute Gasteiger partial charge is 0.492 e. The normalized spacial score (nSPS) is 17.9. The summed E-state index contributed by atoms with van der Waals surface area (Å²) in [6.45, 7) is 10.5. The van der Waals surface area contributed by atoms with Crippen molar-refractivity contribution < 1.29 is 18.8 Å². The Morgan fingerprint density at radius 3 is 2.14 bits per heavy atom. The van der Waals surface area contributed by atoms with Crippen LogP contribution in [0.4, 0.5) is 4.79 Å². The molecule has 0 atom stereocenters. The molecule has 1 aliphatic carbocycles. The van der Waals surface area contributed by atoms with Gasteiger partial charge in [-0.2, -0.15) is 0 Å². The van der Waals surface area contributed by atoms with Gasteiger partial charge in [0.25, 0.3) is 0 Å². The number of hydrogen-bond acceptors (Lipinski definition) is 5. The molecule has 1 N–H and O–H groups in total. The number of aryl methyl sites for hydroxylation is 1. The second-order valence-electron chi connectivity index (χ2n) is 10.7. The van der Waals surface area contributed by atoms with Crippen molar-refractivity contribution in [3.05, 3.63) is 94.7 Å². The lowest BCUT2D eigenvalue weighted by Crippen LogP contribution is -2.41. The summed E-state index contributed by atoms with van der Waals surface area (Å²) < 4.78 is 18.3. The molecule has 0 spiro atoms. The van der Waals surface area contributed by atoms with E-state index in [9.17, 15) is 4.79 Å². The molecule has 1 aliphatic heterocycles. The second-order valence-corrected chi connectivity index (χ2v) is 10.7. The molecule has 37 heavy (non-hydrogen) atoms. The number of carbonyl (C=O) groups excluding carboxylic acids is 1. The van der Waals surface area contributed by atoms with Gasteiger partial charge in [0.15, 0.2) is 0 Å². The Hall–Kier alpha value is -3.42. The summed E-state index contributed by atoms with van der Waals surface area (Å²) in [5, 5.41) is 2.91. The van der Waals surface area contributed by atoms with Crippen LogP contribution in [0.5, 0.6) is 0 Å². The number of rotatable bonds is 6. The van der Waals surface area contributed by atoms with Gasteiger partial charge in [-0.1, -0.05) is 60.7 Å². The number of benzene rings is 2. The third-order valence-corrected chi connectivity index (χ3v) is 7.62. The smallest absolute Gasteiger partial charge is 0.449 e. The minimum atomic E-state index is -0.597. The number of alkyl carbamates (subject to hydrolysis) is 1. The number of nitrogens with zero attached hydrogens (tertiary/aromatic N) is 1. The summed E-state index contributed by atoms with van der Waals surface area (Å²) in [6.07, 6.45) is 3.28. The highest BCUT2D eigenvalue weighted by atomic mass is 16.7. The number of pyridine rings is 1. The molecule has 6 nitrogen and oxygen atoms in total. The first-order valence-electron chi connectivity index (χ1n) is 12.7. The van der Waals surface area contributed by atoms with E-state index in [0.29, 0.717) is 0 Å². The average molecular weight is 496 g/mol. The van der Waals surface area contributed by atoms with Crippen molar-refractivity contribution in [3.63, 3.8) is 0 Å². The fraction of sp³-hybridized carbons (Fsp3) is 0.333. The van der Waals surface area contributed by atoms with E-state index in [-0.39, 0.29) is 19.1 Å². The van der Waals surface area contributed by atoms with Crippen molar-refractivity contribution >= 4 is 19.3 Å². The maximum Gasteiger partial charge on any atom is 0.492 e. The van der Waals surface area contributed by atoms with Gasteiger partial charge in [0.05, 0.1) is 11.2 Å². The molecule has 0 bridgehead atoms. The van der Waals surface area contributed by atoms with Gasteiger partial charge in [-0.25, -0.2) is 4.79 Å². The van der Waals surface area contributed by atoms with Crippen molar-refractivity contribution in [1.82, 2.24) is 10.3 Å². The van der Waals surface area contributed by atoms with E-state index in [1.165, 1.54) is 22.3 Å². The minimum absolute atomic E-state index is 0.00916. The van der Waals surface area contributed by atoms with Gasteiger partial charge >= 0.3 is 13.2 Å². The lowest BCUT2D eigenvalue weighted by Gasteiger charge is -2.32. The highest BCUT2D eigenvalue weighted by Gasteiger charge is 2.52. The highest BCUT2D eigenvalue weighted by molar-refractivity contribution is 6.56. The van der Waals surface area contributed by atoms with E-state index in [1.807, 2.05) is 77.1 Å². The Labute approximate surface area is 219 Å². The zero-order valence-electron chi connectivity index (χ0n) is 22.1. The van der Waals surface area contributed by atoms with E-state index >= 15 is 0 Å². The number of amides is 1. The van der Waals surface area contributed by atoms with E-state index in [0.717, 1.165) is 16.7 Å². The fourth-order valence-electron chi connectivity index (χ4n) is 4.80. The Balaban J connectivity index is 1.29. The third-order valence-electron chi connectivity index (χ3n) is 7.62. The van der Waals surface area contributed by atoms with Crippen molar-refractivity contribution in [1.29, 1.82) is 0 Å². The molecule has 7 heteroatoms. The summed E-state index contributed by atoms with van der Waals surface area (Å²) in [7, 11) is -0.597. The zero-order chi connectivity index (χ0) is 26.2. The van der Waals surface area contributed by atoms with Crippen molar-refractivity contribution in [3.8, 4) is 11.1 Å². The summed E-state index contributed by atoms with van der Waals surface area (Å²) in [5.41, 5.74) is 6.41. The molecule has 2 heterocycles. The Morgan fingerprint density at radius 1 is 0.973 bits per heavy atom. The zero-order valence-corrected chi connectivity index (χ0v) is 22.1. The summed E-state index contributed by atoms with van der Waals surface area (Å²) in [6, 6.07) is 20.5. The van der Waals surface area contributed by atoms with Crippen LogP contribution in [0.1, 0.15) is 56.0 Å². The summed E-state index contributed by atoms with van der Waals surface area (Å²) >= 11 is 0. The number of hydrogen-bond donors (Lipinski definition) is 1. The van der Waals surface area contributed by atoms with Crippen molar-refractivity contribution in [2.75, 3.05) is 13.2 Å². The monoisotopic (exact) mass is 496 g/mol. The van der Waals surface area contributed by atoms with Gasteiger partial charge in [0.1, 0.15) is 6.61 Å². The Morgan fingerprint density at radius 2 is 1.57 bits per heavy atom. The number of aromatic nitrogens is 1. The lowest BCUT2D eigenvalue weighted by atomic mass is 9.77. The molecular weight excluding hydrogens is 463 g/mol. The fourth-order valence-corrected chi connectivity index (χ4v) is 4.80. The number of nitrogens with one attached hydrogen (secondary N) is 1. The van der Waals surface area contributed by atoms with Gasteiger partial charge in [-0.15, -0.1) is 0 Å². The molecule has 3 aromatic rings.